The van der Waals surface area contributed by atoms with E-state index in [0.717, 1.165) is 22.4 Å². The van der Waals surface area contributed by atoms with Gasteiger partial charge in [0, 0.05) is 17.3 Å². The van der Waals surface area contributed by atoms with Crippen LogP contribution in [0, 0.1) is 6.07 Å². The second-order valence-corrected chi connectivity index (χ2v) is 4.09. The topological polar surface area (TPSA) is 12.9 Å². The molecule has 85 valence electrons. The van der Waals surface area contributed by atoms with E-state index in [2.05, 4.69) is 41.4 Å². The van der Waals surface area contributed by atoms with Crippen LogP contribution >= 0.6 is 0 Å². The van der Waals surface area contributed by atoms with E-state index >= 15 is 0 Å². The van der Waals surface area contributed by atoms with Crippen molar-refractivity contribution in [2.45, 2.75) is 0 Å². The third kappa shape index (κ3) is 2.16. The quantitative estimate of drug-likeness (QED) is 0.642. The van der Waals surface area contributed by atoms with Gasteiger partial charge < -0.3 is 0 Å². The van der Waals surface area contributed by atoms with Gasteiger partial charge in [0.1, 0.15) is 0 Å². The lowest BCUT2D eigenvalue weighted by molar-refractivity contribution is 1.32. The molecule has 0 bridgehead atoms. The van der Waals surface area contributed by atoms with Crippen LogP contribution in [0.5, 0.6) is 0 Å². The number of nitrogens with zero attached hydrogens (tertiary/aromatic N) is 1. The first-order valence-corrected chi connectivity index (χ1v) is 5.91. The zero-order valence-electron chi connectivity index (χ0n) is 9.88. The fourth-order valence-corrected chi connectivity index (χ4v) is 1.92. The molecule has 1 radical (unpaired) electrons. The van der Waals surface area contributed by atoms with E-state index < -0.39 is 0 Å². The summed E-state index contributed by atoms with van der Waals surface area (Å²) >= 11 is 0. The highest BCUT2D eigenvalue weighted by Gasteiger charge is 2.00. The Balaban J connectivity index is 1.95. The van der Waals surface area contributed by atoms with Gasteiger partial charge in [0.2, 0.25) is 0 Å². The van der Waals surface area contributed by atoms with Gasteiger partial charge >= 0.3 is 0 Å². The van der Waals surface area contributed by atoms with Crippen molar-refractivity contribution in [3.05, 3.63) is 79.0 Å². The summed E-state index contributed by atoms with van der Waals surface area (Å²) in [4.78, 5) is 4.51. The Morgan fingerprint density at radius 3 is 2.22 bits per heavy atom. The van der Waals surface area contributed by atoms with E-state index in [9.17, 15) is 0 Å². The molecule has 0 fully saturated rings. The van der Waals surface area contributed by atoms with Crippen LogP contribution in [0.1, 0.15) is 0 Å². The molecule has 1 heterocycles. The molecule has 18 heavy (non-hydrogen) atoms. The number of rotatable bonds is 2. The average molecular weight is 230 g/mol. The van der Waals surface area contributed by atoms with Crippen molar-refractivity contribution >= 4 is 0 Å². The van der Waals surface area contributed by atoms with Crippen LogP contribution < -0.4 is 0 Å². The Bertz CT molecular complexity index is 554. The lowest BCUT2D eigenvalue weighted by atomic mass is 10.1. The van der Waals surface area contributed by atoms with Crippen molar-refractivity contribution in [2.75, 3.05) is 0 Å². The van der Waals surface area contributed by atoms with Gasteiger partial charge in [-0.25, -0.2) is 0 Å². The Hall–Kier alpha value is -2.41. The third-order valence-electron chi connectivity index (χ3n) is 2.87. The molecule has 2 aromatic carbocycles. The Kier molecular flexibility index (Phi) is 2.89. The molecule has 0 aliphatic heterocycles. The lowest BCUT2D eigenvalue weighted by Crippen LogP contribution is -1.84. The molecule has 1 aromatic heterocycles. The third-order valence-corrected chi connectivity index (χ3v) is 2.87. The minimum Gasteiger partial charge on any atom is -0.256 e. The number of pyridine rings is 1. The van der Waals surface area contributed by atoms with Crippen molar-refractivity contribution in [1.29, 1.82) is 0 Å². The van der Waals surface area contributed by atoms with E-state index in [1.54, 1.807) is 0 Å². The van der Waals surface area contributed by atoms with Crippen molar-refractivity contribution in [1.82, 2.24) is 4.98 Å². The molecule has 0 amide bonds. The van der Waals surface area contributed by atoms with E-state index in [4.69, 9.17) is 0 Å². The second kappa shape index (κ2) is 4.84. The first-order chi connectivity index (χ1) is 8.93. The van der Waals surface area contributed by atoms with Gasteiger partial charge in [-0.2, -0.15) is 0 Å². The summed E-state index contributed by atoms with van der Waals surface area (Å²) in [5.74, 6) is 0. The molecule has 0 aliphatic rings. The smallest absolute Gasteiger partial charge is 0.0702 e. The fourth-order valence-electron chi connectivity index (χ4n) is 1.92. The van der Waals surface area contributed by atoms with Crippen LogP contribution in [0.2, 0.25) is 0 Å². The maximum absolute atomic E-state index is 4.51. The van der Waals surface area contributed by atoms with Crippen LogP contribution in [0.4, 0.5) is 0 Å². The maximum atomic E-state index is 4.51. The summed E-state index contributed by atoms with van der Waals surface area (Å²) in [6.45, 7) is 0. The summed E-state index contributed by atoms with van der Waals surface area (Å²) in [5, 5.41) is 0. The molecule has 0 atom stereocenters. The molecule has 3 rings (SSSR count). The van der Waals surface area contributed by atoms with Crippen LogP contribution in [0.3, 0.4) is 0 Å². The summed E-state index contributed by atoms with van der Waals surface area (Å²) < 4.78 is 0. The van der Waals surface area contributed by atoms with Gasteiger partial charge in [-0.15, -0.1) is 0 Å². The van der Waals surface area contributed by atoms with Crippen molar-refractivity contribution in [2.24, 2.45) is 0 Å². The molecule has 0 saturated carbocycles. The van der Waals surface area contributed by atoms with E-state index in [1.165, 1.54) is 0 Å². The van der Waals surface area contributed by atoms with E-state index in [-0.39, 0.29) is 0 Å². The van der Waals surface area contributed by atoms with Gasteiger partial charge in [-0.3, -0.25) is 4.98 Å². The van der Waals surface area contributed by atoms with Gasteiger partial charge in [0.25, 0.3) is 0 Å². The maximum Gasteiger partial charge on any atom is 0.0702 e. The van der Waals surface area contributed by atoms with Crippen LogP contribution in [0.15, 0.2) is 72.9 Å². The molecule has 0 saturated heterocycles. The number of benzene rings is 2. The van der Waals surface area contributed by atoms with Crippen LogP contribution in [-0.4, -0.2) is 4.98 Å². The normalized spacial score (nSPS) is 10.2. The monoisotopic (exact) mass is 230 g/mol. The second-order valence-electron chi connectivity index (χ2n) is 4.09. The molecule has 0 N–H and O–H groups in total. The fraction of sp³-hybridized carbons (Fsp3) is 0. The first-order valence-electron chi connectivity index (χ1n) is 5.91. The van der Waals surface area contributed by atoms with Crippen LogP contribution in [0.25, 0.3) is 22.4 Å². The summed E-state index contributed by atoms with van der Waals surface area (Å²) in [5.41, 5.74) is 4.40. The highest BCUT2D eigenvalue weighted by molar-refractivity contribution is 5.66. The summed E-state index contributed by atoms with van der Waals surface area (Å²) in [7, 11) is 0. The predicted octanol–water partition coefficient (Wildman–Crippen LogP) is 4.22. The number of aromatic nitrogens is 1. The molecular weight excluding hydrogens is 218 g/mol. The SMILES string of the molecule is [c]1cccc(-c2ccc(-c3ccccc3)nc2)c1. The van der Waals surface area contributed by atoms with Gasteiger partial charge in [-0.1, -0.05) is 54.6 Å². The first kappa shape index (κ1) is 10.7. The van der Waals surface area contributed by atoms with Gasteiger partial charge in [-0.05, 0) is 23.8 Å². The molecule has 1 heteroatoms. The highest BCUT2D eigenvalue weighted by atomic mass is 14.7. The predicted molar refractivity (Wildman–Crippen MR) is 73.9 cm³/mol. The molecule has 0 spiro atoms. The molecule has 0 unspecified atom stereocenters. The molecule has 1 nitrogen and oxygen atoms in total. The van der Waals surface area contributed by atoms with Gasteiger partial charge in [0.15, 0.2) is 0 Å². The molecular formula is C17H12N. The molecule has 0 aliphatic carbocycles. The number of hydrogen-bond acceptors (Lipinski definition) is 1. The Morgan fingerprint density at radius 1 is 0.722 bits per heavy atom. The molecule has 3 aromatic rings. The average Bonchev–Trinajstić information content (AvgIpc) is 2.49. The van der Waals surface area contributed by atoms with Gasteiger partial charge in [0.05, 0.1) is 5.69 Å². The summed E-state index contributed by atoms with van der Waals surface area (Å²) in [6, 6.07) is 25.3. The number of hydrogen-bond donors (Lipinski definition) is 0. The zero-order chi connectivity index (χ0) is 12.2. The lowest BCUT2D eigenvalue weighted by Gasteiger charge is -2.03. The largest absolute Gasteiger partial charge is 0.256 e. The standard InChI is InChI=1S/C17H12N/c1-3-7-14(8-4-1)16-11-12-17(18-13-16)15-9-5-2-6-10-15/h1-3,5-13H. The summed E-state index contributed by atoms with van der Waals surface area (Å²) in [6.07, 6.45) is 1.91. The van der Waals surface area contributed by atoms with E-state index in [0.29, 0.717) is 0 Å². The minimum atomic E-state index is 0.999. The minimum absolute atomic E-state index is 0.999. The van der Waals surface area contributed by atoms with E-state index in [1.807, 2.05) is 42.6 Å². The van der Waals surface area contributed by atoms with Crippen molar-refractivity contribution in [3.63, 3.8) is 0 Å². The van der Waals surface area contributed by atoms with Crippen LogP contribution in [-0.2, 0) is 0 Å². The zero-order valence-corrected chi connectivity index (χ0v) is 9.88. The highest BCUT2D eigenvalue weighted by Crippen LogP contribution is 2.21. The van der Waals surface area contributed by atoms with Crippen molar-refractivity contribution < 1.29 is 0 Å². The van der Waals surface area contributed by atoms with Crippen molar-refractivity contribution in [3.8, 4) is 22.4 Å². The Morgan fingerprint density at radius 2 is 1.56 bits per heavy atom. The Labute approximate surface area is 107 Å².